The van der Waals surface area contributed by atoms with Crippen LogP contribution in [-0.2, 0) is 23.8 Å². The van der Waals surface area contributed by atoms with Gasteiger partial charge in [0.2, 0.25) is 0 Å². The van der Waals surface area contributed by atoms with Crippen molar-refractivity contribution in [1.29, 1.82) is 0 Å². The summed E-state index contributed by atoms with van der Waals surface area (Å²) in [6.07, 6.45) is -4.47. The van der Waals surface area contributed by atoms with Gasteiger partial charge in [-0.05, 0) is 6.92 Å². The highest BCUT2D eigenvalue weighted by Gasteiger charge is 2.52. The number of carbonyl (C=O) groups excluding carboxylic acids is 2. The van der Waals surface area contributed by atoms with Gasteiger partial charge in [-0.1, -0.05) is 0 Å². The molecular weight excluding hydrogens is 238 g/mol. The Balaban J connectivity index is 2.72. The van der Waals surface area contributed by atoms with Crippen molar-refractivity contribution < 1.29 is 32.6 Å². The van der Waals surface area contributed by atoms with Crippen LogP contribution in [-0.4, -0.2) is 36.4 Å². The van der Waals surface area contributed by atoms with Crippen molar-refractivity contribution in [3.63, 3.8) is 0 Å². The Morgan fingerprint density at radius 3 is 2.24 bits per heavy atom. The summed E-state index contributed by atoms with van der Waals surface area (Å²) >= 11 is 0. The summed E-state index contributed by atoms with van der Waals surface area (Å²) in [7, 11) is 0. The summed E-state index contributed by atoms with van der Waals surface area (Å²) < 4.78 is 41.0. The minimum Gasteiger partial charge on any atom is -0.460 e. The van der Waals surface area contributed by atoms with Crippen LogP contribution in [0.1, 0.15) is 27.2 Å². The maximum atomic E-state index is 13.5. The maximum absolute atomic E-state index is 13.5. The van der Waals surface area contributed by atoms with Crippen LogP contribution < -0.4 is 0 Å². The first-order valence-corrected chi connectivity index (χ1v) is 5.10. The van der Waals surface area contributed by atoms with Crippen molar-refractivity contribution in [1.82, 2.24) is 0 Å². The Morgan fingerprint density at radius 2 is 1.76 bits per heavy atom. The van der Waals surface area contributed by atoms with Crippen molar-refractivity contribution in [2.24, 2.45) is 0 Å². The monoisotopic (exact) mass is 252 g/mol. The zero-order chi connectivity index (χ0) is 13.2. The first-order chi connectivity index (χ1) is 7.72. The third-order valence-corrected chi connectivity index (χ3v) is 2.27. The molecule has 0 spiro atoms. The molecule has 1 unspecified atom stereocenters. The molecule has 0 N–H and O–H groups in total. The van der Waals surface area contributed by atoms with Crippen LogP contribution in [0, 0.1) is 0 Å². The lowest BCUT2D eigenvalue weighted by atomic mass is 10.0. The lowest BCUT2D eigenvalue weighted by molar-refractivity contribution is -0.307. The molecule has 0 aliphatic carbocycles. The van der Waals surface area contributed by atoms with Gasteiger partial charge in [-0.3, -0.25) is 9.59 Å². The zero-order valence-electron chi connectivity index (χ0n) is 9.74. The van der Waals surface area contributed by atoms with Crippen LogP contribution in [0.5, 0.6) is 0 Å². The molecule has 7 heteroatoms. The summed E-state index contributed by atoms with van der Waals surface area (Å²) in [6.45, 7) is 3.62. The fourth-order valence-corrected chi connectivity index (χ4v) is 1.53. The Labute approximate surface area is 97.0 Å². The smallest absolute Gasteiger partial charge is 0.312 e. The number of halogens is 2. The topological polar surface area (TPSA) is 61.8 Å². The van der Waals surface area contributed by atoms with Crippen molar-refractivity contribution in [2.75, 3.05) is 0 Å². The van der Waals surface area contributed by atoms with Gasteiger partial charge in [0, 0.05) is 13.8 Å². The average molecular weight is 252 g/mol. The fourth-order valence-electron chi connectivity index (χ4n) is 1.53. The number of carbonyl (C=O) groups is 2. The molecule has 17 heavy (non-hydrogen) atoms. The Morgan fingerprint density at radius 1 is 1.24 bits per heavy atom. The summed E-state index contributed by atoms with van der Waals surface area (Å²) in [5.74, 6) is -4.89. The molecule has 0 aromatic carbocycles. The molecule has 1 aliphatic heterocycles. The second-order valence-corrected chi connectivity index (χ2v) is 3.90. The van der Waals surface area contributed by atoms with E-state index in [1.165, 1.54) is 6.92 Å². The minimum absolute atomic E-state index is 0.660. The Kier molecular flexibility index (Phi) is 4.03. The van der Waals surface area contributed by atoms with Gasteiger partial charge in [0.25, 0.3) is 6.29 Å². The molecule has 1 aliphatic rings. The number of alkyl halides is 2. The standard InChI is InChI=1S/C10H14F2O5/c1-5-8(16-6(2)13)4-10(11,12)9(15-5)17-7(3)14/h5,8-9H,4H2,1-3H3/t5-,8-,9?/m0/s1. The van der Waals surface area contributed by atoms with Crippen LogP contribution in [0.25, 0.3) is 0 Å². The summed E-state index contributed by atoms with van der Waals surface area (Å²) in [5.41, 5.74) is 0. The van der Waals surface area contributed by atoms with E-state index in [-0.39, 0.29) is 0 Å². The molecule has 0 aromatic rings. The minimum atomic E-state index is -3.38. The van der Waals surface area contributed by atoms with Gasteiger partial charge >= 0.3 is 17.9 Å². The second-order valence-electron chi connectivity index (χ2n) is 3.90. The van der Waals surface area contributed by atoms with Crippen LogP contribution in [0.15, 0.2) is 0 Å². The van der Waals surface area contributed by atoms with Crippen molar-refractivity contribution in [3.8, 4) is 0 Å². The number of ether oxygens (including phenoxy) is 3. The third-order valence-electron chi connectivity index (χ3n) is 2.27. The lowest BCUT2D eigenvalue weighted by Gasteiger charge is -2.38. The fraction of sp³-hybridized carbons (Fsp3) is 0.800. The van der Waals surface area contributed by atoms with Gasteiger partial charge in [-0.15, -0.1) is 0 Å². The van der Waals surface area contributed by atoms with Crippen LogP contribution in [0.2, 0.25) is 0 Å². The largest absolute Gasteiger partial charge is 0.460 e. The quantitative estimate of drug-likeness (QED) is 0.692. The molecule has 5 nitrogen and oxygen atoms in total. The molecule has 0 aromatic heterocycles. The molecule has 0 bridgehead atoms. The van der Waals surface area contributed by atoms with Crippen molar-refractivity contribution in [3.05, 3.63) is 0 Å². The van der Waals surface area contributed by atoms with E-state index in [1.54, 1.807) is 0 Å². The first-order valence-electron chi connectivity index (χ1n) is 5.10. The normalized spacial score (nSPS) is 31.7. The molecular formula is C10H14F2O5. The average Bonchev–Trinajstić information content (AvgIpc) is 2.11. The molecule has 1 rings (SSSR count). The van der Waals surface area contributed by atoms with Gasteiger partial charge in [0.15, 0.2) is 0 Å². The molecule has 1 saturated heterocycles. The zero-order valence-corrected chi connectivity index (χ0v) is 9.74. The van der Waals surface area contributed by atoms with E-state index in [4.69, 9.17) is 9.47 Å². The molecule has 0 amide bonds. The molecule has 1 heterocycles. The van der Waals surface area contributed by atoms with Gasteiger partial charge in [0.1, 0.15) is 6.10 Å². The predicted octanol–water partition coefficient (Wildman–Crippen LogP) is 1.25. The predicted molar refractivity (Wildman–Crippen MR) is 51.2 cm³/mol. The van der Waals surface area contributed by atoms with E-state index < -0.39 is 42.8 Å². The Hall–Kier alpha value is -1.24. The van der Waals surface area contributed by atoms with Crippen LogP contribution in [0.3, 0.4) is 0 Å². The third kappa shape index (κ3) is 3.62. The SMILES string of the molecule is CC(=O)OC1O[C@@H](C)[C@@H](OC(C)=O)CC1(F)F. The van der Waals surface area contributed by atoms with Crippen molar-refractivity contribution in [2.45, 2.75) is 51.6 Å². The number of hydrogen-bond acceptors (Lipinski definition) is 5. The lowest BCUT2D eigenvalue weighted by Crippen LogP contribution is -2.53. The first kappa shape index (κ1) is 13.8. The van der Waals surface area contributed by atoms with Crippen molar-refractivity contribution >= 4 is 11.9 Å². The van der Waals surface area contributed by atoms with E-state index >= 15 is 0 Å². The van der Waals surface area contributed by atoms with Gasteiger partial charge in [0.05, 0.1) is 12.5 Å². The molecule has 3 atom stereocenters. The van der Waals surface area contributed by atoms with Crippen LogP contribution >= 0.6 is 0 Å². The summed E-state index contributed by atoms with van der Waals surface area (Å²) in [5, 5.41) is 0. The van der Waals surface area contributed by atoms with E-state index in [9.17, 15) is 18.4 Å². The molecule has 0 saturated carbocycles. The van der Waals surface area contributed by atoms with Gasteiger partial charge in [-0.25, -0.2) is 0 Å². The van der Waals surface area contributed by atoms with E-state index in [2.05, 4.69) is 4.74 Å². The number of hydrogen-bond donors (Lipinski definition) is 0. The van der Waals surface area contributed by atoms with E-state index in [0.29, 0.717) is 0 Å². The highest BCUT2D eigenvalue weighted by atomic mass is 19.3. The molecule has 0 radical (unpaired) electrons. The molecule has 1 fully saturated rings. The molecule has 98 valence electrons. The number of esters is 2. The van der Waals surface area contributed by atoms with Gasteiger partial charge < -0.3 is 14.2 Å². The van der Waals surface area contributed by atoms with Crippen LogP contribution in [0.4, 0.5) is 8.78 Å². The summed E-state index contributed by atoms with van der Waals surface area (Å²) in [4.78, 5) is 21.4. The summed E-state index contributed by atoms with van der Waals surface area (Å²) in [6, 6.07) is 0. The highest BCUT2D eigenvalue weighted by Crippen LogP contribution is 2.36. The van der Waals surface area contributed by atoms with E-state index in [1.807, 2.05) is 0 Å². The highest BCUT2D eigenvalue weighted by molar-refractivity contribution is 5.66. The Bertz CT molecular complexity index is 318. The van der Waals surface area contributed by atoms with Gasteiger partial charge in [-0.2, -0.15) is 8.78 Å². The van der Waals surface area contributed by atoms with E-state index in [0.717, 1.165) is 13.8 Å². The maximum Gasteiger partial charge on any atom is 0.312 e. The number of rotatable bonds is 2. The second kappa shape index (κ2) is 4.95.